The number of nitrogens with zero attached hydrogens (tertiary/aromatic N) is 1. The van der Waals surface area contributed by atoms with Crippen molar-refractivity contribution in [2.75, 3.05) is 0 Å². The van der Waals surface area contributed by atoms with E-state index in [1.807, 2.05) is 34.6 Å². The monoisotopic (exact) mass is 257 g/mol. The van der Waals surface area contributed by atoms with Gasteiger partial charge in [-0.2, -0.15) is 0 Å². The normalized spacial score (nSPS) is 14.3. The number of carbonyl (C=O) groups excluding carboxylic acids is 1. The van der Waals surface area contributed by atoms with Gasteiger partial charge in [0.1, 0.15) is 0 Å². The summed E-state index contributed by atoms with van der Waals surface area (Å²) in [6, 6.07) is 0.190. The van der Waals surface area contributed by atoms with Gasteiger partial charge in [-0.1, -0.05) is 6.92 Å². The third-order valence-electron chi connectivity index (χ3n) is 2.97. The van der Waals surface area contributed by atoms with Crippen molar-refractivity contribution in [2.24, 2.45) is 5.92 Å². The predicted molar refractivity (Wildman–Crippen MR) is 73.2 cm³/mol. The van der Waals surface area contributed by atoms with Gasteiger partial charge in [-0.05, 0) is 47.6 Å². The van der Waals surface area contributed by atoms with Crippen molar-refractivity contribution in [1.29, 1.82) is 0 Å². The molecule has 0 saturated carbocycles. The summed E-state index contributed by atoms with van der Waals surface area (Å²) in [5, 5.41) is 9.73. The second kappa shape index (κ2) is 6.78. The quantitative estimate of drug-likeness (QED) is 0.770. The highest BCUT2D eigenvalue weighted by molar-refractivity contribution is 5.68. The first-order chi connectivity index (χ1) is 8.07. The number of aliphatic hydroxyl groups is 1. The van der Waals surface area contributed by atoms with Crippen molar-refractivity contribution in [3.63, 3.8) is 0 Å². The fourth-order valence-electron chi connectivity index (χ4n) is 1.53. The minimum absolute atomic E-state index is 0.0863. The molecule has 0 aliphatic heterocycles. The van der Waals surface area contributed by atoms with Gasteiger partial charge in [0, 0.05) is 18.0 Å². The van der Waals surface area contributed by atoms with Crippen LogP contribution >= 0.6 is 0 Å². The number of hydrogen-bond acceptors (Lipinski definition) is 3. The molecule has 0 aromatic rings. The van der Waals surface area contributed by atoms with E-state index >= 15 is 0 Å². The van der Waals surface area contributed by atoms with Crippen LogP contribution in [0, 0.1) is 5.92 Å². The summed E-state index contributed by atoms with van der Waals surface area (Å²) in [7, 11) is 0. The van der Waals surface area contributed by atoms with Crippen LogP contribution in [-0.2, 0) is 4.74 Å². The van der Waals surface area contributed by atoms with Crippen LogP contribution in [0.3, 0.4) is 0 Å². The van der Waals surface area contributed by atoms with Crippen molar-refractivity contribution in [1.82, 2.24) is 4.90 Å². The molecule has 0 rings (SSSR count). The van der Waals surface area contributed by atoms with Crippen LogP contribution in [0.1, 0.15) is 48.5 Å². The minimum Gasteiger partial charge on any atom is -0.418 e. The molecular formula is C14H27NO3. The Kier molecular flexibility index (Phi) is 6.39. The van der Waals surface area contributed by atoms with Crippen LogP contribution in [0.4, 0.5) is 4.79 Å². The molecule has 0 heterocycles. The molecule has 0 unspecified atom stereocenters. The second-order valence-corrected chi connectivity index (χ2v) is 5.75. The van der Waals surface area contributed by atoms with Gasteiger partial charge in [0.25, 0.3) is 0 Å². The maximum Gasteiger partial charge on any atom is 0.415 e. The lowest BCUT2D eigenvalue weighted by molar-refractivity contribution is 0.0427. The molecule has 1 amide bonds. The SMILES string of the molecule is CC(C)N(C(=O)O/C=C\[C@H](C)C(C)(C)O)C(C)C. The summed E-state index contributed by atoms with van der Waals surface area (Å²) in [5.74, 6) is -0.0863. The van der Waals surface area contributed by atoms with Crippen molar-refractivity contribution in [2.45, 2.75) is 66.2 Å². The maximum absolute atomic E-state index is 11.8. The first-order valence-corrected chi connectivity index (χ1v) is 6.45. The standard InChI is InChI=1S/C14H27NO3/c1-10(2)15(11(3)4)13(16)18-9-8-12(5)14(6,7)17/h8-12,17H,1-7H3/b9-8-/t12-/m0/s1. The first kappa shape index (κ1) is 17.0. The van der Waals surface area contributed by atoms with Gasteiger partial charge in [0.05, 0.1) is 11.9 Å². The van der Waals surface area contributed by atoms with Gasteiger partial charge >= 0.3 is 6.09 Å². The maximum atomic E-state index is 11.8. The summed E-state index contributed by atoms with van der Waals surface area (Å²) >= 11 is 0. The summed E-state index contributed by atoms with van der Waals surface area (Å²) in [6.45, 7) is 13.1. The van der Waals surface area contributed by atoms with Crippen LogP contribution in [-0.4, -0.2) is 33.8 Å². The zero-order chi connectivity index (χ0) is 14.5. The Morgan fingerprint density at radius 1 is 1.17 bits per heavy atom. The Morgan fingerprint density at radius 2 is 1.61 bits per heavy atom. The van der Waals surface area contributed by atoms with E-state index < -0.39 is 5.60 Å². The molecule has 0 spiro atoms. The zero-order valence-corrected chi connectivity index (χ0v) is 12.6. The largest absolute Gasteiger partial charge is 0.418 e. The van der Waals surface area contributed by atoms with E-state index in [-0.39, 0.29) is 24.1 Å². The van der Waals surface area contributed by atoms with Crippen LogP contribution in [0.25, 0.3) is 0 Å². The molecular weight excluding hydrogens is 230 g/mol. The van der Waals surface area contributed by atoms with Crippen LogP contribution in [0.15, 0.2) is 12.3 Å². The summed E-state index contributed by atoms with van der Waals surface area (Å²) < 4.78 is 5.09. The molecule has 0 aliphatic carbocycles. The van der Waals surface area contributed by atoms with E-state index in [0.717, 1.165) is 0 Å². The summed E-state index contributed by atoms with van der Waals surface area (Å²) in [4.78, 5) is 13.5. The fourth-order valence-corrected chi connectivity index (χ4v) is 1.53. The average molecular weight is 257 g/mol. The smallest absolute Gasteiger partial charge is 0.415 e. The molecule has 0 bridgehead atoms. The highest BCUT2D eigenvalue weighted by atomic mass is 16.5. The van der Waals surface area contributed by atoms with E-state index in [2.05, 4.69) is 0 Å². The Morgan fingerprint density at radius 3 is 1.94 bits per heavy atom. The van der Waals surface area contributed by atoms with Crippen molar-refractivity contribution in [3.05, 3.63) is 12.3 Å². The molecule has 0 aliphatic rings. The lowest BCUT2D eigenvalue weighted by Crippen LogP contribution is -2.41. The third kappa shape index (κ3) is 5.54. The van der Waals surface area contributed by atoms with Crippen LogP contribution in [0.2, 0.25) is 0 Å². The second-order valence-electron chi connectivity index (χ2n) is 5.75. The Hall–Kier alpha value is -1.03. The number of rotatable bonds is 5. The molecule has 0 radical (unpaired) electrons. The average Bonchev–Trinajstić information content (AvgIpc) is 2.14. The molecule has 4 heteroatoms. The highest BCUT2D eigenvalue weighted by Crippen LogP contribution is 2.17. The van der Waals surface area contributed by atoms with Crippen molar-refractivity contribution in [3.8, 4) is 0 Å². The van der Waals surface area contributed by atoms with Gasteiger partial charge in [-0.25, -0.2) is 4.79 Å². The van der Waals surface area contributed by atoms with Crippen LogP contribution in [0.5, 0.6) is 0 Å². The lowest BCUT2D eigenvalue weighted by Gasteiger charge is -2.29. The van der Waals surface area contributed by atoms with E-state index in [1.165, 1.54) is 6.26 Å². The molecule has 1 atom stereocenters. The van der Waals surface area contributed by atoms with Gasteiger partial charge in [-0.3, -0.25) is 0 Å². The van der Waals surface area contributed by atoms with Crippen LogP contribution < -0.4 is 0 Å². The lowest BCUT2D eigenvalue weighted by atomic mass is 9.93. The van der Waals surface area contributed by atoms with Gasteiger partial charge in [0.15, 0.2) is 0 Å². The van der Waals surface area contributed by atoms with E-state index in [1.54, 1.807) is 24.8 Å². The number of hydrogen-bond donors (Lipinski definition) is 1. The van der Waals surface area contributed by atoms with Gasteiger partial charge in [-0.15, -0.1) is 0 Å². The summed E-state index contributed by atoms with van der Waals surface area (Å²) in [5.41, 5.74) is -0.821. The number of ether oxygens (including phenoxy) is 1. The highest BCUT2D eigenvalue weighted by Gasteiger charge is 2.22. The van der Waals surface area contributed by atoms with Crippen molar-refractivity contribution >= 4 is 6.09 Å². The molecule has 18 heavy (non-hydrogen) atoms. The van der Waals surface area contributed by atoms with Crippen molar-refractivity contribution < 1.29 is 14.6 Å². The minimum atomic E-state index is -0.821. The van der Waals surface area contributed by atoms with E-state index in [9.17, 15) is 9.90 Å². The Labute approximate surface area is 111 Å². The Balaban J connectivity index is 4.46. The third-order valence-corrected chi connectivity index (χ3v) is 2.97. The van der Waals surface area contributed by atoms with E-state index in [4.69, 9.17) is 4.74 Å². The van der Waals surface area contributed by atoms with Gasteiger partial charge < -0.3 is 14.7 Å². The fraction of sp³-hybridized carbons (Fsp3) is 0.786. The molecule has 0 aromatic heterocycles. The molecule has 0 fully saturated rings. The molecule has 106 valence electrons. The molecule has 1 N–H and O–H groups in total. The topological polar surface area (TPSA) is 49.8 Å². The predicted octanol–water partition coefficient (Wildman–Crippen LogP) is 3.16. The first-order valence-electron chi connectivity index (χ1n) is 6.45. The summed E-state index contributed by atoms with van der Waals surface area (Å²) in [6.07, 6.45) is 2.69. The van der Waals surface area contributed by atoms with Gasteiger partial charge in [0.2, 0.25) is 0 Å². The zero-order valence-electron chi connectivity index (χ0n) is 12.6. The number of amides is 1. The molecule has 4 nitrogen and oxygen atoms in total. The molecule has 0 aromatic carbocycles. The number of carbonyl (C=O) groups is 1. The Bertz CT molecular complexity index is 282. The molecule has 0 saturated heterocycles. The van der Waals surface area contributed by atoms with E-state index in [0.29, 0.717) is 0 Å².